The van der Waals surface area contributed by atoms with Gasteiger partial charge in [-0.25, -0.2) is 9.78 Å². The third-order valence-corrected chi connectivity index (χ3v) is 6.86. The van der Waals surface area contributed by atoms with Crippen LogP contribution < -0.4 is 0 Å². The number of phenols is 1. The summed E-state index contributed by atoms with van der Waals surface area (Å²) in [6.45, 7) is 0.570. The van der Waals surface area contributed by atoms with Crippen molar-refractivity contribution in [1.29, 1.82) is 0 Å². The van der Waals surface area contributed by atoms with Gasteiger partial charge in [-0.15, -0.1) is 0 Å². The molecule has 0 radical (unpaired) electrons. The van der Waals surface area contributed by atoms with Gasteiger partial charge in [-0.1, -0.05) is 71.7 Å². The zero-order valence-corrected chi connectivity index (χ0v) is 22.1. The molecular formula is C31H24Cl2N2O3. The van der Waals surface area contributed by atoms with E-state index in [1.54, 1.807) is 36.4 Å². The first kappa shape index (κ1) is 25.6. The fraction of sp³-hybridized carbons (Fsp3) is 0.0968. The van der Waals surface area contributed by atoms with E-state index in [1.165, 1.54) is 7.11 Å². The van der Waals surface area contributed by atoms with Gasteiger partial charge < -0.3 is 14.4 Å². The standard InChI is InChI=1S/C31H24Cl2N2O3/c1-38-31(37)24-8-4-21(5-9-24)18-35-19-29(27-15-12-25(32)17-28(27)33)34-30(35)16-20-2-6-22(7-3-20)23-10-13-26(36)14-11-23/h2-15,17,19,36H,16,18H2,1H3. The number of benzene rings is 4. The van der Waals surface area contributed by atoms with Crippen molar-refractivity contribution in [3.63, 3.8) is 0 Å². The monoisotopic (exact) mass is 542 g/mol. The lowest BCUT2D eigenvalue weighted by Gasteiger charge is -2.09. The summed E-state index contributed by atoms with van der Waals surface area (Å²) < 4.78 is 6.90. The lowest BCUT2D eigenvalue weighted by Crippen LogP contribution is -2.06. The van der Waals surface area contributed by atoms with Crippen LogP contribution in [-0.4, -0.2) is 27.7 Å². The summed E-state index contributed by atoms with van der Waals surface area (Å²) in [5, 5.41) is 10.7. The topological polar surface area (TPSA) is 64.4 Å². The minimum Gasteiger partial charge on any atom is -0.508 e. The molecule has 1 aromatic heterocycles. The number of esters is 1. The highest BCUT2D eigenvalue weighted by atomic mass is 35.5. The minimum atomic E-state index is -0.365. The fourth-order valence-corrected chi connectivity index (χ4v) is 4.78. The predicted octanol–water partition coefficient (Wildman–Crippen LogP) is 7.66. The molecule has 0 atom stereocenters. The molecule has 0 saturated heterocycles. The smallest absolute Gasteiger partial charge is 0.337 e. The fourth-order valence-electron chi connectivity index (χ4n) is 4.27. The van der Waals surface area contributed by atoms with Crippen LogP contribution in [0.3, 0.4) is 0 Å². The van der Waals surface area contributed by atoms with Gasteiger partial charge in [0.1, 0.15) is 11.6 Å². The van der Waals surface area contributed by atoms with Crippen LogP contribution in [0.4, 0.5) is 0 Å². The number of nitrogens with zero attached hydrogens (tertiary/aromatic N) is 2. The van der Waals surface area contributed by atoms with Crippen molar-refractivity contribution in [3.8, 4) is 28.1 Å². The second-order valence-corrected chi connectivity index (χ2v) is 9.75. The van der Waals surface area contributed by atoms with Crippen LogP contribution in [0.15, 0.2) is 97.2 Å². The summed E-state index contributed by atoms with van der Waals surface area (Å²) in [5.74, 6) is 0.754. The molecular weight excluding hydrogens is 519 g/mol. The van der Waals surface area contributed by atoms with E-state index in [1.807, 2.05) is 36.5 Å². The van der Waals surface area contributed by atoms with Gasteiger partial charge in [-0.2, -0.15) is 0 Å². The van der Waals surface area contributed by atoms with Crippen molar-refractivity contribution in [2.45, 2.75) is 13.0 Å². The first-order valence-electron chi connectivity index (χ1n) is 12.0. The summed E-state index contributed by atoms with van der Waals surface area (Å²) >= 11 is 12.6. The van der Waals surface area contributed by atoms with Gasteiger partial charge in [0.2, 0.25) is 0 Å². The molecule has 0 aliphatic carbocycles. The Morgan fingerprint density at radius 2 is 1.50 bits per heavy atom. The van der Waals surface area contributed by atoms with Crippen LogP contribution in [-0.2, 0) is 17.7 Å². The summed E-state index contributed by atoms with van der Waals surface area (Å²) in [4.78, 5) is 16.8. The number of hydrogen-bond acceptors (Lipinski definition) is 4. The molecule has 0 aliphatic rings. The molecule has 0 bridgehead atoms. The first-order valence-corrected chi connectivity index (χ1v) is 12.7. The maximum absolute atomic E-state index is 11.8. The first-order chi connectivity index (χ1) is 18.4. The highest BCUT2D eigenvalue weighted by molar-refractivity contribution is 6.36. The predicted molar refractivity (Wildman–Crippen MR) is 151 cm³/mol. The third-order valence-electron chi connectivity index (χ3n) is 6.31. The Bertz CT molecular complexity index is 1580. The molecule has 5 aromatic rings. The maximum atomic E-state index is 11.8. The molecule has 0 unspecified atom stereocenters. The second kappa shape index (κ2) is 11.1. The summed E-state index contributed by atoms with van der Waals surface area (Å²) in [6, 6.07) is 28.2. The minimum absolute atomic E-state index is 0.244. The SMILES string of the molecule is COC(=O)c1ccc(Cn2cc(-c3ccc(Cl)cc3Cl)nc2Cc2ccc(-c3ccc(O)cc3)cc2)cc1. The second-order valence-electron chi connectivity index (χ2n) is 8.90. The third kappa shape index (κ3) is 5.75. The number of rotatable bonds is 7. The van der Waals surface area contributed by atoms with E-state index in [2.05, 4.69) is 28.8 Å². The highest BCUT2D eigenvalue weighted by Gasteiger charge is 2.14. The molecule has 4 aromatic carbocycles. The van der Waals surface area contributed by atoms with Crippen LogP contribution >= 0.6 is 23.2 Å². The highest BCUT2D eigenvalue weighted by Crippen LogP contribution is 2.31. The number of aromatic hydroxyl groups is 1. The average molecular weight is 543 g/mol. The van der Waals surface area contributed by atoms with E-state index in [9.17, 15) is 9.90 Å². The Labute approximate surface area is 230 Å². The molecule has 0 aliphatic heterocycles. The van der Waals surface area contributed by atoms with Crippen LogP contribution in [0.25, 0.3) is 22.4 Å². The Morgan fingerprint density at radius 3 is 2.13 bits per heavy atom. The van der Waals surface area contributed by atoms with Gasteiger partial charge in [-0.05, 0) is 64.7 Å². The van der Waals surface area contributed by atoms with Crippen molar-refractivity contribution in [2.24, 2.45) is 0 Å². The van der Waals surface area contributed by atoms with Gasteiger partial charge in [0.05, 0.1) is 23.4 Å². The number of carbonyl (C=O) groups is 1. The van der Waals surface area contributed by atoms with Crippen molar-refractivity contribution >= 4 is 29.2 Å². The van der Waals surface area contributed by atoms with Gasteiger partial charge in [0, 0.05) is 29.7 Å². The Morgan fingerprint density at radius 1 is 0.868 bits per heavy atom. The molecule has 0 saturated carbocycles. The number of aromatic nitrogens is 2. The van der Waals surface area contributed by atoms with E-state index in [-0.39, 0.29) is 11.7 Å². The average Bonchev–Trinajstić information content (AvgIpc) is 3.31. The molecule has 0 amide bonds. The van der Waals surface area contributed by atoms with Crippen LogP contribution in [0, 0.1) is 0 Å². The van der Waals surface area contributed by atoms with Crippen molar-refractivity contribution in [2.75, 3.05) is 7.11 Å². The molecule has 1 heterocycles. The molecule has 0 fully saturated rings. The molecule has 1 N–H and O–H groups in total. The van der Waals surface area contributed by atoms with E-state index in [0.717, 1.165) is 39.3 Å². The number of phenolic OH excluding ortho intramolecular Hbond substituents is 1. The van der Waals surface area contributed by atoms with E-state index >= 15 is 0 Å². The lowest BCUT2D eigenvalue weighted by atomic mass is 10.0. The van der Waals surface area contributed by atoms with Crippen molar-refractivity contribution in [3.05, 3.63) is 130 Å². The lowest BCUT2D eigenvalue weighted by molar-refractivity contribution is 0.0600. The quantitative estimate of drug-likeness (QED) is 0.214. The van der Waals surface area contributed by atoms with Crippen molar-refractivity contribution in [1.82, 2.24) is 9.55 Å². The number of imidazole rings is 1. The van der Waals surface area contributed by atoms with Gasteiger partial charge in [0.25, 0.3) is 0 Å². The number of halogens is 2. The molecule has 7 heteroatoms. The normalized spacial score (nSPS) is 10.9. The summed E-state index contributed by atoms with van der Waals surface area (Å²) in [6.07, 6.45) is 2.60. The van der Waals surface area contributed by atoms with Crippen molar-refractivity contribution < 1.29 is 14.6 Å². The zero-order chi connectivity index (χ0) is 26.6. The Kier molecular flexibility index (Phi) is 7.50. The number of ether oxygens (including phenoxy) is 1. The van der Waals surface area contributed by atoms with E-state index in [4.69, 9.17) is 32.9 Å². The van der Waals surface area contributed by atoms with Gasteiger partial charge >= 0.3 is 5.97 Å². The van der Waals surface area contributed by atoms with Gasteiger partial charge in [-0.3, -0.25) is 0 Å². The molecule has 38 heavy (non-hydrogen) atoms. The number of hydrogen-bond donors (Lipinski definition) is 1. The Hall–Kier alpha value is -4.06. The van der Waals surface area contributed by atoms with Crippen LogP contribution in [0.1, 0.15) is 27.3 Å². The number of methoxy groups -OCH3 is 1. The zero-order valence-electron chi connectivity index (χ0n) is 20.6. The van der Waals surface area contributed by atoms with E-state index < -0.39 is 0 Å². The molecule has 190 valence electrons. The molecule has 5 nitrogen and oxygen atoms in total. The summed E-state index contributed by atoms with van der Waals surface area (Å²) in [7, 11) is 1.37. The Balaban J connectivity index is 1.45. The van der Waals surface area contributed by atoms with Crippen LogP contribution in [0.2, 0.25) is 10.0 Å². The number of carbonyl (C=O) groups excluding carboxylic acids is 1. The molecule has 5 rings (SSSR count). The van der Waals surface area contributed by atoms with Crippen LogP contribution in [0.5, 0.6) is 5.75 Å². The largest absolute Gasteiger partial charge is 0.508 e. The summed E-state index contributed by atoms with van der Waals surface area (Å²) in [5.41, 5.74) is 6.29. The maximum Gasteiger partial charge on any atom is 0.337 e. The van der Waals surface area contributed by atoms with E-state index in [0.29, 0.717) is 28.6 Å². The van der Waals surface area contributed by atoms with Gasteiger partial charge in [0.15, 0.2) is 0 Å². The molecule has 0 spiro atoms.